The molecule has 0 spiro atoms. The minimum absolute atomic E-state index is 0.0299. The van der Waals surface area contributed by atoms with Crippen LogP contribution < -0.4 is 9.47 Å². The van der Waals surface area contributed by atoms with Gasteiger partial charge in [0.05, 0.1) is 19.5 Å². The number of carbonyl (C=O) groups excluding carboxylic acids is 2. The average Bonchev–Trinajstić information content (AvgIpc) is 3.19. The maximum atomic E-state index is 12.0. The Balaban J connectivity index is 1.65. The average molecular weight is 388 g/mol. The third-order valence-corrected chi connectivity index (χ3v) is 6.98. The molecule has 1 aromatic rings. The zero-order chi connectivity index (χ0) is 19.6. The van der Waals surface area contributed by atoms with Crippen LogP contribution >= 0.6 is 0 Å². The Bertz CT molecular complexity index is 854. The third-order valence-electron chi connectivity index (χ3n) is 6.98. The number of carbonyl (C=O) groups is 2. The highest BCUT2D eigenvalue weighted by Crippen LogP contribution is 2.55. The Kier molecular flexibility index (Phi) is 3.88. The van der Waals surface area contributed by atoms with Crippen molar-refractivity contribution in [2.45, 2.75) is 57.4 Å². The minimum atomic E-state index is -0.488. The largest absolute Gasteiger partial charge is 0.459 e. The van der Waals surface area contributed by atoms with E-state index in [1.165, 1.54) is 19.4 Å². The molecule has 0 radical (unpaired) electrons. The lowest BCUT2D eigenvalue weighted by atomic mass is 9.67. The van der Waals surface area contributed by atoms with E-state index < -0.39 is 12.2 Å². The van der Waals surface area contributed by atoms with Crippen LogP contribution in [0.5, 0.6) is 11.5 Å². The quantitative estimate of drug-likeness (QED) is 0.571. The molecule has 4 aliphatic rings. The molecular formula is C21H26NO6+. The highest BCUT2D eigenvalue weighted by Gasteiger charge is 2.61. The monoisotopic (exact) mass is 388 g/mol. The number of hydrogen-bond acceptors (Lipinski definition) is 6. The molecule has 1 saturated heterocycles. The fraction of sp³-hybridized carbons (Fsp3) is 0.619. The first kappa shape index (κ1) is 17.8. The van der Waals surface area contributed by atoms with Crippen LogP contribution in [0.2, 0.25) is 0 Å². The second-order valence-electron chi connectivity index (χ2n) is 8.79. The molecule has 28 heavy (non-hydrogen) atoms. The van der Waals surface area contributed by atoms with Crippen molar-refractivity contribution in [3.05, 3.63) is 23.3 Å². The van der Waals surface area contributed by atoms with Crippen LogP contribution in [0, 0.1) is 5.92 Å². The van der Waals surface area contributed by atoms with Crippen molar-refractivity contribution >= 4 is 11.9 Å². The van der Waals surface area contributed by atoms with Crippen molar-refractivity contribution in [3.8, 4) is 11.5 Å². The molecule has 7 nitrogen and oxygen atoms in total. The summed E-state index contributed by atoms with van der Waals surface area (Å²) < 4.78 is 23.6. The van der Waals surface area contributed by atoms with Gasteiger partial charge in [0.15, 0.2) is 17.6 Å². The summed E-state index contributed by atoms with van der Waals surface area (Å²) in [4.78, 5) is 23.7. The zero-order valence-electron chi connectivity index (χ0n) is 16.5. The van der Waals surface area contributed by atoms with Gasteiger partial charge in [-0.2, -0.15) is 0 Å². The number of benzene rings is 1. The van der Waals surface area contributed by atoms with E-state index in [-0.39, 0.29) is 24.6 Å². The normalized spacial score (nSPS) is 37.0. The first-order valence-corrected chi connectivity index (χ1v) is 9.97. The maximum absolute atomic E-state index is 12.0. The summed E-state index contributed by atoms with van der Waals surface area (Å²) in [6, 6.07) is 4.46. The number of nitrogens with zero attached hydrogens (tertiary/aromatic N) is 1. The van der Waals surface area contributed by atoms with Crippen molar-refractivity contribution in [1.29, 1.82) is 0 Å². The van der Waals surface area contributed by atoms with Gasteiger partial charge in [-0.05, 0) is 24.1 Å². The van der Waals surface area contributed by atoms with Crippen molar-refractivity contribution in [2.24, 2.45) is 5.92 Å². The molecule has 0 bridgehead atoms. The van der Waals surface area contributed by atoms with Crippen LogP contribution in [0.3, 0.4) is 0 Å². The van der Waals surface area contributed by atoms with Gasteiger partial charge < -0.3 is 23.4 Å². The van der Waals surface area contributed by atoms with Gasteiger partial charge in [0.1, 0.15) is 18.7 Å². The second-order valence-corrected chi connectivity index (χ2v) is 8.79. The zero-order valence-corrected chi connectivity index (χ0v) is 16.5. The molecule has 1 saturated carbocycles. The van der Waals surface area contributed by atoms with E-state index in [9.17, 15) is 9.59 Å². The Labute approximate surface area is 164 Å². The van der Waals surface area contributed by atoms with Gasteiger partial charge in [0, 0.05) is 31.7 Å². The summed E-state index contributed by atoms with van der Waals surface area (Å²) in [5, 5.41) is 0. The summed E-state index contributed by atoms with van der Waals surface area (Å²) >= 11 is 0. The van der Waals surface area contributed by atoms with Crippen molar-refractivity contribution < 1.29 is 33.0 Å². The highest BCUT2D eigenvalue weighted by molar-refractivity contribution is 5.67. The summed E-state index contributed by atoms with van der Waals surface area (Å²) in [5.74, 6) is 1.23. The molecule has 3 aliphatic heterocycles. The molecule has 0 N–H and O–H groups in total. The fourth-order valence-electron chi connectivity index (χ4n) is 6.14. The molecule has 1 unspecified atom stereocenters. The number of hydrogen-bond donors (Lipinski definition) is 0. The van der Waals surface area contributed by atoms with E-state index in [0.29, 0.717) is 12.0 Å². The van der Waals surface area contributed by atoms with Crippen LogP contribution in [0.1, 0.15) is 43.7 Å². The second kappa shape index (κ2) is 6.11. The number of quaternary nitrogens is 1. The molecular weight excluding hydrogens is 362 g/mol. The summed E-state index contributed by atoms with van der Waals surface area (Å²) in [7, 11) is 2.29. The highest BCUT2D eigenvalue weighted by atomic mass is 16.7. The smallest absolute Gasteiger partial charge is 0.303 e. The van der Waals surface area contributed by atoms with E-state index in [0.717, 1.165) is 47.5 Å². The third kappa shape index (κ3) is 2.59. The Morgan fingerprint density at radius 3 is 2.54 bits per heavy atom. The fourth-order valence-corrected chi connectivity index (χ4v) is 6.14. The molecule has 5 rings (SSSR count). The lowest BCUT2D eigenvalue weighted by Crippen LogP contribution is -2.62. The van der Waals surface area contributed by atoms with Gasteiger partial charge in [0.2, 0.25) is 6.79 Å². The number of fused-ring (bicyclic) bond motifs is 3. The number of likely N-dealkylation sites (N-methyl/N-ethyl adjacent to an activating group) is 1. The molecule has 0 aromatic heterocycles. The van der Waals surface area contributed by atoms with Crippen molar-refractivity contribution in [1.82, 2.24) is 0 Å². The van der Waals surface area contributed by atoms with E-state index in [2.05, 4.69) is 13.1 Å². The standard InChI is InChI=1S/C21H26NO6/c1-11(23)27-18-6-13-4-5-22(3)9-14-7-16-17(26-10-25-16)8-15(14)19(20(13)22)21(18)28-12(2)24/h7-8,13,18-21H,4-6,9-10H2,1-3H3/q+1/t13-,18+,19-,20-,21-,22?/m0/s1. The van der Waals surface area contributed by atoms with E-state index in [1.807, 2.05) is 6.07 Å². The SMILES string of the molecule is CC(=O)O[C@@H]1[C@H]2c3cc4c(cc3C[N+]3(C)CC[C@@H](C[C@H]1OC(C)=O)[C@@H]23)OCO4. The Morgan fingerprint density at radius 1 is 1.11 bits per heavy atom. The van der Waals surface area contributed by atoms with Crippen LogP contribution in [-0.2, 0) is 25.6 Å². The topological polar surface area (TPSA) is 71.1 Å². The van der Waals surface area contributed by atoms with Crippen LogP contribution in [0.25, 0.3) is 0 Å². The molecule has 7 heteroatoms. The van der Waals surface area contributed by atoms with Crippen LogP contribution in [0.15, 0.2) is 12.1 Å². The first-order chi connectivity index (χ1) is 13.4. The maximum Gasteiger partial charge on any atom is 0.303 e. The Hall–Kier alpha value is -2.28. The van der Waals surface area contributed by atoms with E-state index >= 15 is 0 Å². The molecule has 6 atom stereocenters. The lowest BCUT2D eigenvalue weighted by Gasteiger charge is -2.52. The molecule has 150 valence electrons. The predicted molar refractivity (Wildman–Crippen MR) is 97.7 cm³/mol. The van der Waals surface area contributed by atoms with Crippen molar-refractivity contribution in [2.75, 3.05) is 20.4 Å². The van der Waals surface area contributed by atoms with Gasteiger partial charge in [-0.1, -0.05) is 0 Å². The number of ether oxygens (including phenoxy) is 4. The minimum Gasteiger partial charge on any atom is -0.459 e. The van der Waals surface area contributed by atoms with Gasteiger partial charge in [-0.15, -0.1) is 0 Å². The Morgan fingerprint density at radius 2 is 1.82 bits per heavy atom. The molecule has 1 aromatic carbocycles. The summed E-state index contributed by atoms with van der Waals surface area (Å²) in [6.07, 6.45) is 0.920. The summed E-state index contributed by atoms with van der Waals surface area (Å²) in [5.41, 5.74) is 2.34. The van der Waals surface area contributed by atoms with Gasteiger partial charge >= 0.3 is 11.9 Å². The molecule has 0 amide bonds. The summed E-state index contributed by atoms with van der Waals surface area (Å²) in [6.45, 7) is 5.06. The van der Waals surface area contributed by atoms with E-state index in [4.69, 9.17) is 18.9 Å². The van der Waals surface area contributed by atoms with Gasteiger partial charge in [-0.3, -0.25) is 9.59 Å². The molecule has 2 fully saturated rings. The van der Waals surface area contributed by atoms with Crippen LogP contribution in [-0.4, -0.2) is 55.1 Å². The number of rotatable bonds is 2. The first-order valence-electron chi connectivity index (χ1n) is 9.97. The predicted octanol–water partition coefficient (Wildman–Crippen LogP) is 2.11. The van der Waals surface area contributed by atoms with Gasteiger partial charge in [0.25, 0.3) is 0 Å². The molecule has 3 heterocycles. The number of esters is 2. The van der Waals surface area contributed by atoms with Crippen molar-refractivity contribution in [3.63, 3.8) is 0 Å². The van der Waals surface area contributed by atoms with Gasteiger partial charge in [-0.25, -0.2) is 0 Å². The lowest BCUT2D eigenvalue weighted by molar-refractivity contribution is -0.940. The molecule has 1 aliphatic carbocycles. The van der Waals surface area contributed by atoms with E-state index in [1.54, 1.807) is 0 Å². The van der Waals surface area contributed by atoms with Crippen LogP contribution in [0.4, 0.5) is 0 Å².